The zero-order valence-electron chi connectivity index (χ0n) is 31.4. The maximum atomic E-state index is 5.26. The summed E-state index contributed by atoms with van der Waals surface area (Å²) in [6, 6.07) is 72.2. The Morgan fingerprint density at radius 2 is 0.947 bits per heavy atom. The van der Waals surface area contributed by atoms with Crippen molar-refractivity contribution in [2.75, 3.05) is 0 Å². The molecule has 1 aliphatic rings. The molecule has 0 atom stereocenters. The molecule has 0 bridgehead atoms. The van der Waals surface area contributed by atoms with E-state index >= 15 is 0 Å². The quantitative estimate of drug-likeness (QED) is 0.169. The van der Waals surface area contributed by atoms with Crippen LogP contribution in [0, 0.1) is 0 Å². The number of thiophene rings is 1. The van der Waals surface area contributed by atoms with Gasteiger partial charge in [0, 0.05) is 42.3 Å². The molecule has 0 saturated carbocycles. The van der Waals surface area contributed by atoms with Crippen molar-refractivity contribution in [3.63, 3.8) is 0 Å². The van der Waals surface area contributed by atoms with Crippen LogP contribution in [0.5, 0.6) is 0 Å². The van der Waals surface area contributed by atoms with Crippen LogP contribution in [0.3, 0.4) is 0 Å². The van der Waals surface area contributed by atoms with Crippen molar-refractivity contribution < 1.29 is 0 Å². The normalized spacial score (nSPS) is 12.8. The Labute approximate surface area is 336 Å². The highest BCUT2D eigenvalue weighted by Gasteiger charge is 2.40. The molecule has 2 aromatic heterocycles. The monoisotopic (exact) mass is 744 g/mol. The topological polar surface area (TPSA) is 25.8 Å². The molecule has 1 aliphatic carbocycles. The van der Waals surface area contributed by atoms with Gasteiger partial charge in [-0.05, 0) is 87.3 Å². The van der Waals surface area contributed by atoms with Crippen molar-refractivity contribution >= 4 is 31.5 Å². The van der Waals surface area contributed by atoms with Crippen LogP contribution in [0.25, 0.3) is 87.5 Å². The van der Waals surface area contributed by atoms with Crippen LogP contribution in [0.15, 0.2) is 200 Å². The molecule has 268 valence electrons. The lowest BCUT2D eigenvalue weighted by Gasteiger charge is -2.29. The van der Waals surface area contributed by atoms with Gasteiger partial charge in [-0.15, -0.1) is 11.3 Å². The van der Waals surface area contributed by atoms with E-state index in [1.807, 2.05) is 29.5 Å². The van der Waals surface area contributed by atoms with Gasteiger partial charge in [0.2, 0.25) is 0 Å². The first-order chi connectivity index (χ1) is 28.1. The number of rotatable bonds is 6. The molecule has 0 radical (unpaired) electrons. The van der Waals surface area contributed by atoms with Gasteiger partial charge < -0.3 is 0 Å². The van der Waals surface area contributed by atoms with E-state index in [1.165, 1.54) is 59.1 Å². The highest BCUT2D eigenvalue weighted by molar-refractivity contribution is 7.25. The maximum absolute atomic E-state index is 5.26. The Bertz CT molecular complexity index is 3090. The summed E-state index contributed by atoms with van der Waals surface area (Å²) in [6.45, 7) is 2.37. The Kier molecular flexibility index (Phi) is 7.84. The van der Waals surface area contributed by atoms with Gasteiger partial charge in [-0.3, -0.25) is 0 Å². The molecule has 8 aromatic carbocycles. The van der Waals surface area contributed by atoms with Crippen LogP contribution in [0.4, 0.5) is 0 Å². The van der Waals surface area contributed by atoms with Crippen LogP contribution in [-0.4, -0.2) is 9.97 Å². The van der Waals surface area contributed by atoms with Gasteiger partial charge in [-0.25, -0.2) is 9.97 Å². The van der Waals surface area contributed by atoms with Gasteiger partial charge in [-0.2, -0.15) is 0 Å². The first kappa shape index (κ1) is 33.4. The van der Waals surface area contributed by atoms with E-state index in [2.05, 4.69) is 189 Å². The van der Waals surface area contributed by atoms with Crippen LogP contribution in [0.2, 0.25) is 0 Å². The predicted molar refractivity (Wildman–Crippen MR) is 240 cm³/mol. The lowest BCUT2D eigenvalue weighted by atomic mass is 9.73. The van der Waals surface area contributed by atoms with E-state index in [0.717, 1.165) is 39.2 Å². The minimum absolute atomic E-state index is 0.282. The first-order valence-corrected chi connectivity index (χ1v) is 20.3. The lowest BCUT2D eigenvalue weighted by Crippen LogP contribution is -2.22. The van der Waals surface area contributed by atoms with Crippen LogP contribution < -0.4 is 0 Å². The molecular weight excluding hydrogens is 709 g/mol. The van der Waals surface area contributed by atoms with E-state index in [1.54, 1.807) is 0 Å². The van der Waals surface area contributed by atoms with E-state index in [0.29, 0.717) is 5.82 Å². The van der Waals surface area contributed by atoms with Gasteiger partial charge >= 0.3 is 0 Å². The number of hydrogen-bond acceptors (Lipinski definition) is 3. The molecule has 2 heterocycles. The summed E-state index contributed by atoms with van der Waals surface area (Å²) in [7, 11) is 0. The molecule has 0 spiro atoms. The average Bonchev–Trinajstić information content (AvgIpc) is 3.79. The first-order valence-electron chi connectivity index (χ1n) is 19.5. The van der Waals surface area contributed by atoms with Gasteiger partial charge in [0.25, 0.3) is 0 Å². The van der Waals surface area contributed by atoms with Crippen LogP contribution >= 0.6 is 11.3 Å². The maximum Gasteiger partial charge on any atom is 0.160 e. The zero-order valence-corrected chi connectivity index (χ0v) is 32.2. The summed E-state index contributed by atoms with van der Waals surface area (Å²) in [6.07, 6.45) is 0. The van der Waals surface area contributed by atoms with Crippen molar-refractivity contribution in [2.45, 2.75) is 12.3 Å². The molecule has 10 aromatic rings. The summed E-state index contributed by atoms with van der Waals surface area (Å²) in [5.74, 6) is 0.706. The van der Waals surface area contributed by atoms with E-state index in [-0.39, 0.29) is 5.41 Å². The summed E-state index contributed by atoms with van der Waals surface area (Å²) in [4.78, 5) is 10.4. The van der Waals surface area contributed by atoms with E-state index in [9.17, 15) is 0 Å². The third-order valence-electron chi connectivity index (χ3n) is 11.8. The molecule has 0 unspecified atom stereocenters. The molecule has 0 N–H and O–H groups in total. The Hall–Kier alpha value is -6.94. The Balaban J connectivity index is 1.01. The molecule has 3 heteroatoms. The highest BCUT2D eigenvalue weighted by atomic mass is 32.1. The predicted octanol–water partition coefficient (Wildman–Crippen LogP) is 14.5. The average molecular weight is 745 g/mol. The molecule has 11 rings (SSSR count). The molecular formula is C54H36N2S. The molecule has 0 fully saturated rings. The largest absolute Gasteiger partial charge is 0.228 e. The summed E-state index contributed by atoms with van der Waals surface area (Å²) < 4.78 is 2.64. The second kappa shape index (κ2) is 13.4. The second-order valence-corrected chi connectivity index (χ2v) is 16.1. The number of hydrogen-bond donors (Lipinski definition) is 0. The second-order valence-electron chi connectivity index (χ2n) is 15.1. The standard InChI is InChI=1S/C54H36N2S/c1-54(47-23-10-7-19-42(47)43-20-8-11-24-48(43)54)40-17-13-16-39(32-40)41-18-5-6-21-44(41)50-34-49(55-53(56-50)37-14-3-2-4-15-37)36-28-26-35(27-29-36)38-30-31-52-46(33-38)45-22-9-12-25-51(45)57-52/h2-34H,1H3. The van der Waals surface area contributed by atoms with Gasteiger partial charge in [0.05, 0.1) is 11.4 Å². The fourth-order valence-corrected chi connectivity index (χ4v) is 9.99. The van der Waals surface area contributed by atoms with Gasteiger partial charge in [0.1, 0.15) is 0 Å². The van der Waals surface area contributed by atoms with Crippen molar-refractivity contribution in [2.24, 2.45) is 0 Å². The zero-order chi connectivity index (χ0) is 37.9. The number of nitrogens with zero attached hydrogens (tertiary/aromatic N) is 2. The Morgan fingerprint density at radius 3 is 1.72 bits per heavy atom. The molecule has 2 nitrogen and oxygen atoms in total. The Morgan fingerprint density at radius 1 is 0.368 bits per heavy atom. The third kappa shape index (κ3) is 5.54. The fourth-order valence-electron chi connectivity index (χ4n) is 8.91. The SMILES string of the molecule is CC1(c2cccc(-c3ccccc3-c3cc(-c4ccc(-c5ccc6sc7ccccc7c6c5)cc4)nc(-c4ccccc4)n3)c2)c2ccccc2-c2ccccc21. The molecule has 0 amide bonds. The van der Waals surface area contributed by atoms with Gasteiger partial charge in [-0.1, -0.05) is 170 Å². The molecule has 57 heavy (non-hydrogen) atoms. The minimum Gasteiger partial charge on any atom is -0.228 e. The molecule has 0 saturated heterocycles. The fraction of sp³-hybridized carbons (Fsp3) is 0.0370. The van der Waals surface area contributed by atoms with Crippen LogP contribution in [0.1, 0.15) is 23.6 Å². The highest BCUT2D eigenvalue weighted by Crippen LogP contribution is 2.52. The number of aromatic nitrogens is 2. The van der Waals surface area contributed by atoms with Crippen molar-refractivity contribution in [3.8, 4) is 67.3 Å². The minimum atomic E-state index is -0.282. The van der Waals surface area contributed by atoms with Crippen molar-refractivity contribution in [1.29, 1.82) is 0 Å². The van der Waals surface area contributed by atoms with E-state index < -0.39 is 0 Å². The van der Waals surface area contributed by atoms with E-state index in [4.69, 9.17) is 9.97 Å². The summed E-state index contributed by atoms with van der Waals surface area (Å²) in [5.41, 5.74) is 15.9. The smallest absolute Gasteiger partial charge is 0.160 e. The van der Waals surface area contributed by atoms with Gasteiger partial charge in [0.15, 0.2) is 5.82 Å². The third-order valence-corrected chi connectivity index (χ3v) is 13.0. The van der Waals surface area contributed by atoms with Crippen molar-refractivity contribution in [1.82, 2.24) is 9.97 Å². The summed E-state index contributed by atoms with van der Waals surface area (Å²) >= 11 is 1.85. The number of benzene rings is 8. The molecule has 0 aliphatic heterocycles. The number of fused-ring (bicyclic) bond motifs is 6. The lowest BCUT2D eigenvalue weighted by molar-refractivity contribution is 0.714. The van der Waals surface area contributed by atoms with Crippen LogP contribution in [-0.2, 0) is 5.41 Å². The summed E-state index contributed by atoms with van der Waals surface area (Å²) in [5, 5.41) is 2.62. The van der Waals surface area contributed by atoms with Crippen molar-refractivity contribution in [3.05, 3.63) is 217 Å².